The third-order valence-electron chi connectivity index (χ3n) is 6.68. The number of amides is 1. The first kappa shape index (κ1) is 21.7. The van der Waals surface area contributed by atoms with Crippen molar-refractivity contribution < 1.29 is 9.53 Å². The number of carbonyl (C=O) groups excluding carboxylic acids is 1. The minimum atomic E-state index is 0.0861. The fraction of sp³-hybridized carbons (Fsp3) is 0.407. The first-order chi connectivity index (χ1) is 16.3. The summed E-state index contributed by atoms with van der Waals surface area (Å²) in [6, 6.07) is 20.2. The lowest BCUT2D eigenvalue weighted by Crippen LogP contribution is -2.49. The predicted octanol–water partition coefficient (Wildman–Crippen LogP) is 4.11. The molecule has 1 aromatic heterocycles. The van der Waals surface area contributed by atoms with Gasteiger partial charge in [-0.25, -0.2) is 4.98 Å². The van der Waals surface area contributed by atoms with Gasteiger partial charge in [0.15, 0.2) is 0 Å². The summed E-state index contributed by atoms with van der Waals surface area (Å²) < 4.78 is 8.13. The van der Waals surface area contributed by atoms with Gasteiger partial charge in [0.2, 0.25) is 0 Å². The van der Waals surface area contributed by atoms with Gasteiger partial charge in [0.1, 0.15) is 23.9 Å². The summed E-state index contributed by atoms with van der Waals surface area (Å²) in [7, 11) is 0. The Bertz CT molecular complexity index is 1060. The fourth-order valence-electron chi connectivity index (χ4n) is 4.83. The molecule has 3 heterocycles. The molecule has 0 N–H and O–H groups in total. The standard InChI is InChI=1S/C27H32N4O2/c32-27(30-18-16-29(17-19-30)20-21-33-23-12-6-2-7-13-23)25-24-14-8-3-9-15-31(24)26(28-25)22-10-4-1-5-11-22/h1-2,4-7,10-13H,3,8-9,14-21H2. The molecular weight excluding hydrogens is 412 g/mol. The molecule has 0 bridgehead atoms. The number of hydrogen-bond donors (Lipinski definition) is 0. The number of fused-ring (bicyclic) bond motifs is 1. The molecule has 5 rings (SSSR count). The zero-order valence-corrected chi connectivity index (χ0v) is 19.2. The third-order valence-corrected chi connectivity index (χ3v) is 6.68. The Labute approximate surface area is 195 Å². The van der Waals surface area contributed by atoms with Gasteiger partial charge in [-0.2, -0.15) is 0 Å². The number of ether oxygens (including phenoxy) is 1. The van der Waals surface area contributed by atoms with Gasteiger partial charge in [-0.3, -0.25) is 9.69 Å². The summed E-state index contributed by atoms with van der Waals surface area (Å²) in [6.07, 6.45) is 4.39. The minimum absolute atomic E-state index is 0.0861. The smallest absolute Gasteiger partial charge is 0.274 e. The van der Waals surface area contributed by atoms with E-state index in [4.69, 9.17) is 9.72 Å². The van der Waals surface area contributed by atoms with E-state index in [-0.39, 0.29) is 5.91 Å². The molecule has 0 aliphatic carbocycles. The highest BCUT2D eigenvalue weighted by molar-refractivity contribution is 5.94. The second-order valence-corrected chi connectivity index (χ2v) is 8.85. The van der Waals surface area contributed by atoms with Gasteiger partial charge in [-0.1, -0.05) is 55.0 Å². The normalized spacial score (nSPS) is 16.8. The van der Waals surface area contributed by atoms with E-state index in [0.717, 1.165) is 81.4 Å². The quantitative estimate of drug-likeness (QED) is 0.574. The average molecular weight is 445 g/mol. The van der Waals surface area contributed by atoms with Crippen LogP contribution in [0.2, 0.25) is 0 Å². The molecule has 172 valence electrons. The van der Waals surface area contributed by atoms with Gasteiger partial charge in [0, 0.05) is 44.8 Å². The van der Waals surface area contributed by atoms with Crippen LogP contribution in [-0.2, 0) is 13.0 Å². The van der Waals surface area contributed by atoms with Crippen LogP contribution in [0.4, 0.5) is 0 Å². The van der Waals surface area contributed by atoms with Crippen molar-refractivity contribution in [2.45, 2.75) is 32.2 Å². The molecule has 0 saturated carbocycles. The van der Waals surface area contributed by atoms with E-state index in [2.05, 4.69) is 21.6 Å². The fourth-order valence-corrected chi connectivity index (χ4v) is 4.83. The lowest BCUT2D eigenvalue weighted by Gasteiger charge is -2.34. The SMILES string of the molecule is O=C(c1nc(-c2ccccc2)n2c1CCCCC2)N1CCN(CCOc2ccccc2)CC1. The zero-order chi connectivity index (χ0) is 22.5. The minimum Gasteiger partial charge on any atom is -0.492 e. The van der Waals surface area contributed by atoms with Gasteiger partial charge in [-0.15, -0.1) is 0 Å². The van der Waals surface area contributed by atoms with Crippen LogP contribution in [0.3, 0.4) is 0 Å². The first-order valence-electron chi connectivity index (χ1n) is 12.1. The molecule has 0 atom stereocenters. The largest absolute Gasteiger partial charge is 0.492 e. The van der Waals surface area contributed by atoms with E-state index in [9.17, 15) is 4.79 Å². The van der Waals surface area contributed by atoms with Crippen molar-refractivity contribution in [1.29, 1.82) is 0 Å². The molecule has 33 heavy (non-hydrogen) atoms. The second kappa shape index (κ2) is 10.2. The van der Waals surface area contributed by atoms with E-state index in [1.165, 1.54) is 6.42 Å². The number of para-hydroxylation sites is 1. The lowest BCUT2D eigenvalue weighted by atomic mass is 10.1. The molecule has 6 nitrogen and oxygen atoms in total. The van der Waals surface area contributed by atoms with E-state index in [1.54, 1.807) is 0 Å². The number of rotatable bonds is 6. The molecule has 0 spiro atoms. The van der Waals surface area contributed by atoms with E-state index in [1.807, 2.05) is 53.4 Å². The highest BCUT2D eigenvalue weighted by Gasteiger charge is 2.29. The molecule has 0 radical (unpaired) electrons. The Hall–Kier alpha value is -3.12. The van der Waals surface area contributed by atoms with Gasteiger partial charge < -0.3 is 14.2 Å². The molecule has 2 aliphatic heterocycles. The van der Waals surface area contributed by atoms with Gasteiger partial charge in [0.05, 0.1) is 5.69 Å². The predicted molar refractivity (Wildman–Crippen MR) is 129 cm³/mol. The first-order valence-corrected chi connectivity index (χ1v) is 12.1. The summed E-state index contributed by atoms with van der Waals surface area (Å²) in [5, 5.41) is 0. The highest BCUT2D eigenvalue weighted by atomic mass is 16.5. The molecule has 3 aromatic rings. The Morgan fingerprint density at radius 2 is 1.58 bits per heavy atom. The number of piperazine rings is 1. The van der Waals surface area contributed by atoms with Crippen molar-refractivity contribution >= 4 is 5.91 Å². The highest BCUT2D eigenvalue weighted by Crippen LogP contribution is 2.28. The van der Waals surface area contributed by atoms with Crippen molar-refractivity contribution in [3.8, 4) is 17.1 Å². The lowest BCUT2D eigenvalue weighted by molar-refractivity contribution is 0.0614. The Morgan fingerprint density at radius 3 is 2.33 bits per heavy atom. The van der Waals surface area contributed by atoms with Crippen LogP contribution in [-0.4, -0.2) is 64.6 Å². The van der Waals surface area contributed by atoms with E-state index < -0.39 is 0 Å². The van der Waals surface area contributed by atoms with Gasteiger partial charge >= 0.3 is 0 Å². The van der Waals surface area contributed by atoms with Crippen molar-refractivity contribution in [3.05, 3.63) is 72.1 Å². The maximum atomic E-state index is 13.5. The summed E-state index contributed by atoms with van der Waals surface area (Å²) in [4.78, 5) is 22.8. The van der Waals surface area contributed by atoms with Crippen LogP contribution < -0.4 is 4.74 Å². The van der Waals surface area contributed by atoms with Crippen LogP contribution >= 0.6 is 0 Å². The molecule has 2 aromatic carbocycles. The molecule has 1 saturated heterocycles. The summed E-state index contributed by atoms with van der Waals surface area (Å²) in [6.45, 7) is 5.67. The zero-order valence-electron chi connectivity index (χ0n) is 19.2. The monoisotopic (exact) mass is 444 g/mol. The maximum absolute atomic E-state index is 13.5. The number of aromatic nitrogens is 2. The molecule has 0 unspecified atom stereocenters. The third kappa shape index (κ3) is 4.96. The van der Waals surface area contributed by atoms with E-state index in [0.29, 0.717) is 12.3 Å². The van der Waals surface area contributed by atoms with Crippen LogP contribution in [0.15, 0.2) is 60.7 Å². The number of benzene rings is 2. The number of imidazole rings is 1. The molecular formula is C27H32N4O2. The molecule has 6 heteroatoms. The van der Waals surface area contributed by atoms with Crippen LogP contribution in [0.1, 0.15) is 35.4 Å². The number of hydrogen-bond acceptors (Lipinski definition) is 4. The topological polar surface area (TPSA) is 50.6 Å². The van der Waals surface area contributed by atoms with E-state index >= 15 is 0 Å². The second-order valence-electron chi connectivity index (χ2n) is 8.85. The van der Waals surface area contributed by atoms with Crippen LogP contribution in [0, 0.1) is 0 Å². The van der Waals surface area contributed by atoms with Crippen molar-refractivity contribution in [2.24, 2.45) is 0 Å². The van der Waals surface area contributed by atoms with Crippen molar-refractivity contribution in [2.75, 3.05) is 39.3 Å². The molecule has 2 aliphatic rings. The number of nitrogens with zero attached hydrogens (tertiary/aromatic N) is 4. The van der Waals surface area contributed by atoms with Gasteiger partial charge in [-0.05, 0) is 31.4 Å². The van der Waals surface area contributed by atoms with Crippen molar-refractivity contribution in [3.63, 3.8) is 0 Å². The maximum Gasteiger partial charge on any atom is 0.274 e. The summed E-state index contributed by atoms with van der Waals surface area (Å²) >= 11 is 0. The molecule has 1 fully saturated rings. The summed E-state index contributed by atoms with van der Waals surface area (Å²) in [5.41, 5.74) is 2.87. The van der Waals surface area contributed by atoms with Crippen molar-refractivity contribution in [1.82, 2.24) is 19.4 Å². The number of carbonyl (C=O) groups is 1. The average Bonchev–Trinajstić information content (AvgIpc) is 3.06. The Kier molecular flexibility index (Phi) is 6.72. The summed E-state index contributed by atoms with van der Waals surface area (Å²) in [5.74, 6) is 1.93. The Balaban J connectivity index is 1.24. The molecule has 1 amide bonds. The van der Waals surface area contributed by atoms with Crippen LogP contribution in [0.5, 0.6) is 5.75 Å². The van der Waals surface area contributed by atoms with Gasteiger partial charge in [0.25, 0.3) is 5.91 Å². The van der Waals surface area contributed by atoms with Crippen LogP contribution in [0.25, 0.3) is 11.4 Å². The Morgan fingerprint density at radius 1 is 0.848 bits per heavy atom.